The first-order valence-electron chi connectivity index (χ1n) is 6.63. The number of anilines is 1. The number of carbonyl (C=O) groups excluding carboxylic acids is 1. The van der Waals surface area contributed by atoms with Gasteiger partial charge in [-0.05, 0) is 43.5 Å². The smallest absolute Gasteiger partial charge is 0.230 e. The second-order valence-corrected chi connectivity index (χ2v) is 4.87. The molecule has 4 heteroatoms. The number of nitrogens with one attached hydrogen (secondary N) is 2. The number of amides is 1. The molecule has 0 aromatic heterocycles. The number of likely N-dealkylation sites (tertiary alicyclic amines) is 1. The molecule has 0 unspecified atom stereocenters. The summed E-state index contributed by atoms with van der Waals surface area (Å²) in [6.07, 6.45) is 4.40. The lowest BCUT2D eigenvalue weighted by molar-refractivity contribution is -0.904. The number of hydrogen-bond acceptors (Lipinski definition) is 1. The van der Waals surface area contributed by atoms with Crippen LogP contribution >= 0.6 is 0 Å². The topological polar surface area (TPSA) is 33.5 Å². The maximum atomic E-state index is 12.7. The lowest BCUT2D eigenvalue weighted by Gasteiger charge is -2.23. The van der Waals surface area contributed by atoms with Crippen LogP contribution in [0.1, 0.15) is 25.7 Å². The third kappa shape index (κ3) is 4.11. The third-order valence-electron chi connectivity index (χ3n) is 3.39. The number of benzene rings is 1. The first kappa shape index (κ1) is 13.0. The van der Waals surface area contributed by atoms with Crippen molar-refractivity contribution >= 4 is 11.6 Å². The van der Waals surface area contributed by atoms with Gasteiger partial charge in [0.05, 0.1) is 26.1 Å². The van der Waals surface area contributed by atoms with Gasteiger partial charge in [0.25, 0.3) is 0 Å². The minimum Gasteiger partial charge on any atom is -0.335 e. The van der Waals surface area contributed by atoms with Gasteiger partial charge in [-0.15, -0.1) is 0 Å². The van der Waals surface area contributed by atoms with Crippen LogP contribution in [0.25, 0.3) is 0 Å². The van der Waals surface area contributed by atoms with E-state index in [1.165, 1.54) is 49.4 Å². The van der Waals surface area contributed by atoms with Gasteiger partial charge in [0, 0.05) is 5.69 Å². The second-order valence-electron chi connectivity index (χ2n) is 4.87. The van der Waals surface area contributed by atoms with E-state index in [9.17, 15) is 9.18 Å². The molecule has 98 valence electrons. The molecule has 0 atom stereocenters. The fourth-order valence-corrected chi connectivity index (χ4v) is 2.35. The van der Waals surface area contributed by atoms with Gasteiger partial charge in [0.1, 0.15) is 5.82 Å². The summed E-state index contributed by atoms with van der Waals surface area (Å²) in [6, 6.07) is 5.87. The van der Waals surface area contributed by atoms with Crippen molar-refractivity contribution in [1.82, 2.24) is 0 Å². The van der Waals surface area contributed by atoms with Crippen LogP contribution in [0.5, 0.6) is 0 Å². The number of rotatable bonds is 4. The monoisotopic (exact) mass is 251 g/mol. The minimum atomic E-state index is -0.286. The molecule has 2 N–H and O–H groups in total. The molecule has 1 aliphatic rings. The number of carbonyl (C=O) groups is 1. The van der Waals surface area contributed by atoms with E-state index in [4.69, 9.17) is 0 Å². The van der Waals surface area contributed by atoms with Crippen molar-refractivity contribution < 1.29 is 14.1 Å². The van der Waals surface area contributed by atoms with E-state index in [1.54, 1.807) is 12.1 Å². The Labute approximate surface area is 107 Å². The predicted molar refractivity (Wildman–Crippen MR) is 69.1 cm³/mol. The maximum absolute atomic E-state index is 12.7. The Bertz CT molecular complexity index is 385. The molecule has 0 bridgehead atoms. The largest absolute Gasteiger partial charge is 0.335 e. The fourth-order valence-electron chi connectivity index (χ4n) is 2.35. The van der Waals surface area contributed by atoms with Gasteiger partial charge in [-0.1, -0.05) is 0 Å². The Morgan fingerprint density at radius 3 is 2.50 bits per heavy atom. The van der Waals surface area contributed by atoms with Crippen molar-refractivity contribution in [3.63, 3.8) is 0 Å². The second kappa shape index (κ2) is 6.50. The molecule has 0 spiro atoms. The Kier molecular flexibility index (Phi) is 4.70. The first-order chi connectivity index (χ1) is 8.74. The summed E-state index contributed by atoms with van der Waals surface area (Å²) in [5.74, 6) is -0.273. The van der Waals surface area contributed by atoms with Crippen molar-refractivity contribution in [2.75, 3.05) is 25.0 Å². The number of quaternary nitrogens is 1. The lowest BCUT2D eigenvalue weighted by atomic mass is 10.1. The van der Waals surface area contributed by atoms with Crippen molar-refractivity contribution in [2.45, 2.75) is 25.7 Å². The van der Waals surface area contributed by atoms with Gasteiger partial charge in [0.2, 0.25) is 5.91 Å². The van der Waals surface area contributed by atoms with E-state index in [0.29, 0.717) is 12.1 Å². The summed E-state index contributed by atoms with van der Waals surface area (Å²) in [5, 5.41) is 2.79. The highest BCUT2D eigenvalue weighted by molar-refractivity contribution is 5.90. The normalized spacial score (nSPS) is 16.5. The minimum absolute atomic E-state index is 0.0136. The van der Waals surface area contributed by atoms with E-state index in [1.807, 2.05) is 0 Å². The van der Waals surface area contributed by atoms with Crippen LogP contribution in [0.15, 0.2) is 24.3 Å². The Morgan fingerprint density at radius 2 is 1.83 bits per heavy atom. The number of piperidine rings is 1. The van der Waals surface area contributed by atoms with E-state index in [0.717, 1.165) is 6.54 Å². The summed E-state index contributed by atoms with van der Waals surface area (Å²) >= 11 is 0. The van der Waals surface area contributed by atoms with Gasteiger partial charge >= 0.3 is 0 Å². The zero-order chi connectivity index (χ0) is 12.8. The summed E-state index contributed by atoms with van der Waals surface area (Å²) in [4.78, 5) is 13.2. The quantitative estimate of drug-likeness (QED) is 0.829. The van der Waals surface area contributed by atoms with Crippen LogP contribution < -0.4 is 10.2 Å². The fraction of sp³-hybridized carbons (Fsp3) is 0.500. The molecular weight excluding hydrogens is 231 g/mol. The first-order valence-corrected chi connectivity index (χ1v) is 6.63. The third-order valence-corrected chi connectivity index (χ3v) is 3.39. The molecular formula is C14H20FN2O+. The summed E-state index contributed by atoms with van der Waals surface area (Å²) in [5.41, 5.74) is 0.662. The van der Waals surface area contributed by atoms with Crippen LogP contribution in [0.2, 0.25) is 0 Å². The van der Waals surface area contributed by atoms with Crippen LogP contribution in [0.4, 0.5) is 10.1 Å². The molecule has 3 nitrogen and oxygen atoms in total. The SMILES string of the molecule is O=C(CC[NH+]1CCCCC1)Nc1ccc(F)cc1. The van der Waals surface area contributed by atoms with Crippen molar-refractivity contribution in [3.05, 3.63) is 30.1 Å². The van der Waals surface area contributed by atoms with Crippen LogP contribution in [-0.2, 0) is 4.79 Å². The Morgan fingerprint density at radius 1 is 1.17 bits per heavy atom. The molecule has 18 heavy (non-hydrogen) atoms. The van der Waals surface area contributed by atoms with E-state index in [2.05, 4.69) is 5.32 Å². The zero-order valence-corrected chi connectivity index (χ0v) is 10.5. The molecule has 1 aromatic rings. The van der Waals surface area contributed by atoms with Gasteiger partial charge in [-0.25, -0.2) is 4.39 Å². The summed E-state index contributed by atoms with van der Waals surface area (Å²) in [6.45, 7) is 3.26. The molecule has 1 fully saturated rings. The molecule has 1 amide bonds. The number of hydrogen-bond donors (Lipinski definition) is 2. The van der Waals surface area contributed by atoms with E-state index in [-0.39, 0.29) is 11.7 Å². The molecule has 1 aromatic carbocycles. The van der Waals surface area contributed by atoms with Crippen molar-refractivity contribution in [3.8, 4) is 0 Å². The Balaban J connectivity index is 1.73. The van der Waals surface area contributed by atoms with Crippen molar-refractivity contribution in [1.29, 1.82) is 0 Å². The van der Waals surface area contributed by atoms with Gasteiger partial charge in [-0.2, -0.15) is 0 Å². The highest BCUT2D eigenvalue weighted by Crippen LogP contribution is 2.08. The van der Waals surface area contributed by atoms with E-state index < -0.39 is 0 Å². The average Bonchev–Trinajstić information content (AvgIpc) is 2.40. The number of halogens is 1. The van der Waals surface area contributed by atoms with Gasteiger partial charge < -0.3 is 10.2 Å². The zero-order valence-electron chi connectivity index (χ0n) is 10.5. The van der Waals surface area contributed by atoms with Crippen LogP contribution in [-0.4, -0.2) is 25.5 Å². The lowest BCUT2D eigenvalue weighted by Crippen LogP contribution is -3.12. The predicted octanol–water partition coefficient (Wildman–Crippen LogP) is 1.22. The maximum Gasteiger partial charge on any atom is 0.230 e. The Hall–Kier alpha value is -1.42. The molecule has 0 radical (unpaired) electrons. The highest BCUT2D eigenvalue weighted by atomic mass is 19.1. The van der Waals surface area contributed by atoms with Gasteiger partial charge in [0.15, 0.2) is 0 Å². The molecule has 1 saturated heterocycles. The average molecular weight is 251 g/mol. The molecule has 0 aliphatic carbocycles. The standard InChI is InChI=1S/C14H19FN2O/c15-12-4-6-13(7-5-12)16-14(18)8-11-17-9-2-1-3-10-17/h4-7H,1-3,8-11H2,(H,16,18)/p+1. The van der Waals surface area contributed by atoms with E-state index >= 15 is 0 Å². The molecule has 0 saturated carbocycles. The summed E-state index contributed by atoms with van der Waals surface area (Å²) < 4.78 is 12.7. The van der Waals surface area contributed by atoms with Crippen LogP contribution in [0.3, 0.4) is 0 Å². The molecule has 1 heterocycles. The van der Waals surface area contributed by atoms with Crippen LogP contribution in [0, 0.1) is 5.82 Å². The summed E-state index contributed by atoms with van der Waals surface area (Å²) in [7, 11) is 0. The molecule has 2 rings (SSSR count). The highest BCUT2D eigenvalue weighted by Gasteiger charge is 2.14. The molecule has 1 aliphatic heterocycles. The van der Waals surface area contributed by atoms with Crippen molar-refractivity contribution in [2.24, 2.45) is 0 Å². The van der Waals surface area contributed by atoms with Gasteiger partial charge in [-0.3, -0.25) is 4.79 Å².